The summed E-state index contributed by atoms with van der Waals surface area (Å²) < 4.78 is 0. The Morgan fingerprint density at radius 3 is 2.37 bits per heavy atom. The lowest BCUT2D eigenvalue weighted by molar-refractivity contribution is -0.126. The van der Waals surface area contributed by atoms with E-state index >= 15 is 0 Å². The average molecular weight is 278 g/mol. The maximum Gasteiger partial charge on any atom is 0.295 e. The Bertz CT molecular complexity index is 650. The normalized spacial score (nSPS) is 11.0. The van der Waals surface area contributed by atoms with Crippen molar-refractivity contribution in [2.45, 2.75) is 26.7 Å². The molecule has 2 aromatic rings. The first-order valence-corrected chi connectivity index (χ1v) is 6.69. The molecule has 0 spiro atoms. The number of thiophene rings is 1. The number of imide groups is 1. The van der Waals surface area contributed by atoms with Crippen molar-refractivity contribution in [3.05, 3.63) is 22.1 Å². The third-order valence-corrected chi connectivity index (χ3v) is 3.36. The Morgan fingerprint density at radius 1 is 1.26 bits per heavy atom. The van der Waals surface area contributed by atoms with Crippen LogP contribution >= 0.6 is 11.3 Å². The van der Waals surface area contributed by atoms with Gasteiger partial charge in [0, 0.05) is 17.7 Å². The summed E-state index contributed by atoms with van der Waals surface area (Å²) in [5.74, 6) is 4.30. The third-order valence-electron chi connectivity index (χ3n) is 2.65. The molecule has 0 unspecified atom stereocenters. The van der Waals surface area contributed by atoms with Crippen molar-refractivity contribution in [3.63, 3.8) is 0 Å². The predicted molar refractivity (Wildman–Crippen MR) is 72.5 cm³/mol. The molecule has 2 N–H and O–H groups in total. The summed E-state index contributed by atoms with van der Waals surface area (Å²) in [5.41, 5.74) is 2.07. The van der Waals surface area contributed by atoms with E-state index in [-0.39, 0.29) is 11.6 Å². The summed E-state index contributed by atoms with van der Waals surface area (Å²) >= 11 is 1.46. The van der Waals surface area contributed by atoms with Crippen molar-refractivity contribution in [1.82, 2.24) is 15.0 Å². The first-order chi connectivity index (χ1) is 8.91. The minimum absolute atomic E-state index is 0.0103. The van der Waals surface area contributed by atoms with Crippen LogP contribution in [0.15, 0.2) is 10.8 Å². The van der Waals surface area contributed by atoms with Gasteiger partial charge in [0.15, 0.2) is 5.69 Å². The van der Waals surface area contributed by atoms with Crippen LogP contribution in [-0.2, 0) is 4.79 Å². The van der Waals surface area contributed by atoms with E-state index in [1.807, 2.05) is 19.2 Å². The number of hydrogen-bond acceptors (Lipinski definition) is 6. The molecular weight excluding hydrogens is 264 g/mol. The fourth-order valence-corrected chi connectivity index (χ4v) is 2.30. The van der Waals surface area contributed by atoms with Gasteiger partial charge in [-0.05, 0) is 5.92 Å². The molecule has 7 heteroatoms. The number of carbonyl (C=O) groups is 2. The lowest BCUT2D eigenvalue weighted by atomic mass is 10.1. The molecule has 0 atom stereocenters. The van der Waals surface area contributed by atoms with E-state index in [1.54, 1.807) is 5.38 Å². The molecule has 6 nitrogen and oxygen atoms in total. The molecule has 19 heavy (non-hydrogen) atoms. The number of hydrogen-bond donors (Lipinski definition) is 1. The standard InChI is InChI=1S/C12H14N4O2S/c1-6(2)10-11(12(18)16(13)7(3)17)15-9-5-19-4-8(9)14-10/h4-6H,13H2,1-3H3. The van der Waals surface area contributed by atoms with Crippen molar-refractivity contribution in [1.29, 1.82) is 0 Å². The number of fused-ring (bicyclic) bond motifs is 1. The molecule has 0 aliphatic heterocycles. The molecule has 100 valence electrons. The zero-order valence-corrected chi connectivity index (χ0v) is 11.7. The van der Waals surface area contributed by atoms with Crippen LogP contribution in [0.2, 0.25) is 0 Å². The third kappa shape index (κ3) is 2.47. The Kier molecular flexibility index (Phi) is 3.59. The van der Waals surface area contributed by atoms with Gasteiger partial charge in [0.25, 0.3) is 5.91 Å². The van der Waals surface area contributed by atoms with Gasteiger partial charge in [0.2, 0.25) is 5.91 Å². The monoisotopic (exact) mass is 278 g/mol. The number of carbonyl (C=O) groups excluding carboxylic acids is 2. The lowest BCUT2D eigenvalue weighted by Crippen LogP contribution is -2.42. The fourth-order valence-electron chi connectivity index (χ4n) is 1.63. The van der Waals surface area contributed by atoms with Crippen molar-refractivity contribution < 1.29 is 9.59 Å². The van der Waals surface area contributed by atoms with Crippen molar-refractivity contribution in [2.75, 3.05) is 0 Å². The van der Waals surface area contributed by atoms with Gasteiger partial charge in [-0.15, -0.1) is 11.3 Å². The maximum absolute atomic E-state index is 12.2. The van der Waals surface area contributed by atoms with Gasteiger partial charge in [-0.3, -0.25) is 9.59 Å². The molecule has 0 aliphatic carbocycles. The predicted octanol–water partition coefficient (Wildman–Crippen LogP) is 1.68. The largest absolute Gasteiger partial charge is 0.295 e. The van der Waals surface area contributed by atoms with E-state index < -0.39 is 11.8 Å². The lowest BCUT2D eigenvalue weighted by Gasteiger charge is -2.15. The smallest absolute Gasteiger partial charge is 0.273 e. The summed E-state index contributed by atoms with van der Waals surface area (Å²) in [7, 11) is 0. The van der Waals surface area contributed by atoms with E-state index in [0.717, 1.165) is 5.52 Å². The van der Waals surface area contributed by atoms with Crippen LogP contribution in [0.1, 0.15) is 42.9 Å². The highest BCUT2D eigenvalue weighted by molar-refractivity contribution is 7.09. The van der Waals surface area contributed by atoms with E-state index in [4.69, 9.17) is 5.84 Å². The van der Waals surface area contributed by atoms with Gasteiger partial charge in [0.1, 0.15) is 5.52 Å². The second-order valence-electron chi connectivity index (χ2n) is 4.45. The first-order valence-electron chi connectivity index (χ1n) is 5.75. The van der Waals surface area contributed by atoms with Crippen molar-refractivity contribution >= 4 is 34.2 Å². The molecule has 2 rings (SSSR count). The second-order valence-corrected chi connectivity index (χ2v) is 5.19. The van der Waals surface area contributed by atoms with Crippen LogP contribution in [0, 0.1) is 0 Å². The molecule has 2 amide bonds. The van der Waals surface area contributed by atoms with Crippen LogP contribution in [-0.4, -0.2) is 26.8 Å². The zero-order chi connectivity index (χ0) is 14.2. The van der Waals surface area contributed by atoms with Gasteiger partial charge in [0.05, 0.1) is 11.2 Å². The van der Waals surface area contributed by atoms with Crippen LogP contribution in [0.3, 0.4) is 0 Å². The minimum atomic E-state index is -0.628. The first kappa shape index (κ1) is 13.6. The van der Waals surface area contributed by atoms with Crippen LogP contribution in [0.5, 0.6) is 0 Å². The number of hydrazine groups is 1. The molecule has 0 saturated carbocycles. The molecule has 2 heterocycles. The molecule has 0 aliphatic rings. The van der Waals surface area contributed by atoms with Crippen LogP contribution in [0.25, 0.3) is 11.0 Å². The van der Waals surface area contributed by atoms with Gasteiger partial charge < -0.3 is 0 Å². The molecule has 0 aromatic carbocycles. The molecule has 2 aromatic heterocycles. The molecule has 0 radical (unpaired) electrons. The highest BCUT2D eigenvalue weighted by atomic mass is 32.1. The molecule has 0 saturated heterocycles. The van der Waals surface area contributed by atoms with Crippen molar-refractivity contribution in [3.8, 4) is 0 Å². The molecular formula is C12H14N4O2S. The van der Waals surface area contributed by atoms with Crippen LogP contribution < -0.4 is 5.84 Å². The quantitative estimate of drug-likeness (QED) is 0.513. The number of rotatable bonds is 2. The summed E-state index contributed by atoms with van der Waals surface area (Å²) in [6, 6.07) is 0. The Labute approximate surface area is 114 Å². The summed E-state index contributed by atoms with van der Waals surface area (Å²) in [6.07, 6.45) is 0. The average Bonchev–Trinajstić information content (AvgIpc) is 2.82. The highest BCUT2D eigenvalue weighted by Gasteiger charge is 2.24. The highest BCUT2D eigenvalue weighted by Crippen LogP contribution is 2.22. The number of amides is 2. The van der Waals surface area contributed by atoms with Gasteiger partial charge in [-0.25, -0.2) is 20.8 Å². The van der Waals surface area contributed by atoms with E-state index in [2.05, 4.69) is 9.97 Å². The van der Waals surface area contributed by atoms with E-state index in [0.29, 0.717) is 16.2 Å². The topological polar surface area (TPSA) is 89.2 Å². The Hall–Kier alpha value is -1.86. The number of nitrogens with two attached hydrogens (primary N) is 1. The van der Waals surface area contributed by atoms with Gasteiger partial charge >= 0.3 is 0 Å². The maximum atomic E-state index is 12.2. The van der Waals surface area contributed by atoms with Gasteiger partial charge in [-0.2, -0.15) is 0 Å². The second kappa shape index (κ2) is 5.02. The van der Waals surface area contributed by atoms with Gasteiger partial charge in [-0.1, -0.05) is 13.8 Å². The van der Waals surface area contributed by atoms with E-state index in [1.165, 1.54) is 18.3 Å². The Morgan fingerprint density at radius 2 is 1.84 bits per heavy atom. The van der Waals surface area contributed by atoms with Crippen molar-refractivity contribution in [2.24, 2.45) is 5.84 Å². The Balaban J connectivity index is 2.59. The summed E-state index contributed by atoms with van der Waals surface area (Å²) in [4.78, 5) is 32.1. The number of aromatic nitrogens is 2. The minimum Gasteiger partial charge on any atom is -0.273 e. The SMILES string of the molecule is CC(=O)N(N)C(=O)c1nc2cscc2nc1C(C)C. The summed E-state index contributed by atoms with van der Waals surface area (Å²) in [6.45, 7) is 5.05. The van der Waals surface area contributed by atoms with E-state index in [9.17, 15) is 9.59 Å². The summed E-state index contributed by atoms with van der Waals surface area (Å²) in [5, 5.41) is 4.24. The fraction of sp³-hybridized carbons (Fsp3) is 0.333. The molecule has 0 fully saturated rings. The molecule has 0 bridgehead atoms. The number of nitrogens with zero attached hydrogens (tertiary/aromatic N) is 3. The van der Waals surface area contributed by atoms with Crippen LogP contribution in [0.4, 0.5) is 0 Å². The zero-order valence-electron chi connectivity index (χ0n) is 10.9.